The van der Waals surface area contributed by atoms with Crippen molar-refractivity contribution in [1.82, 2.24) is 0 Å². The van der Waals surface area contributed by atoms with Crippen LogP contribution >= 0.6 is 0 Å². The van der Waals surface area contributed by atoms with Gasteiger partial charge in [-0.05, 0) is 0 Å². The number of rotatable bonds is 24. The van der Waals surface area contributed by atoms with Gasteiger partial charge in [0.15, 0.2) is 0 Å². The zero-order chi connectivity index (χ0) is 20.5. The van der Waals surface area contributed by atoms with Crippen molar-refractivity contribution in [3.05, 3.63) is 0 Å². The van der Waals surface area contributed by atoms with Crippen LogP contribution in [-0.4, -0.2) is 10.3 Å². The normalized spacial score (nSPS) is 11.2. The molecule has 0 bridgehead atoms. The Morgan fingerprint density at radius 3 is 1.00 bits per heavy atom. The standard InChI is InChI=1S/C24H49O.H2O.O.Ti/c1-2-3-4-5-6-7-8-9-10-11-12-13-14-15-16-17-18-19-20-21-22-23-24-25;;;/h2-24H2,1H3;1H2;;/q-1;;;+2/p-1. The average Bonchev–Trinajstić information content (AvgIpc) is 2.68. The van der Waals surface area contributed by atoms with E-state index in [9.17, 15) is 3.32 Å². The molecular weight excluding hydrogens is 384 g/mol. The molecule has 0 unspecified atom stereocenters. The first-order valence-corrected chi connectivity index (χ1v) is 14.6. The molecule has 0 aliphatic heterocycles. The van der Waals surface area contributed by atoms with Crippen LogP contribution in [0.1, 0.15) is 148 Å². The van der Waals surface area contributed by atoms with Gasteiger partial charge in [0.05, 0.1) is 0 Å². The summed E-state index contributed by atoms with van der Waals surface area (Å²) in [6.07, 6.45) is 30.4. The molecule has 0 aromatic rings. The fourth-order valence-corrected chi connectivity index (χ4v) is 4.37. The molecule has 0 saturated heterocycles. The van der Waals surface area contributed by atoms with E-state index in [-0.39, 0.29) is 0 Å². The first-order chi connectivity index (χ1) is 13.8. The van der Waals surface area contributed by atoms with E-state index in [1.807, 2.05) is 0 Å². The summed E-state index contributed by atoms with van der Waals surface area (Å²) in [4.78, 5) is 0. The van der Waals surface area contributed by atoms with Crippen LogP contribution in [0.4, 0.5) is 0 Å². The maximum absolute atomic E-state index is 10.4. The maximum atomic E-state index is 10.4. The fourth-order valence-electron chi connectivity index (χ4n) is 3.87. The molecule has 0 rings (SSSR count). The third-order valence-corrected chi connectivity index (χ3v) is 6.43. The molecule has 168 valence electrons. The molecule has 0 saturated carbocycles. The van der Waals surface area contributed by atoms with Crippen LogP contribution < -0.4 is 0 Å². The second kappa shape index (κ2) is 25.5. The molecule has 0 spiro atoms. The Hall–Kier alpha value is 0.434. The van der Waals surface area contributed by atoms with Crippen molar-refractivity contribution in [2.45, 2.75) is 148 Å². The molecule has 0 aliphatic carbocycles. The van der Waals surface area contributed by atoms with E-state index in [0.717, 1.165) is 12.8 Å². The summed E-state index contributed by atoms with van der Waals surface area (Å²) >= 11 is -3.26. The van der Waals surface area contributed by atoms with Gasteiger partial charge in [-0.1, -0.05) is 84.0 Å². The Morgan fingerprint density at radius 2 is 0.750 bits per heavy atom. The SMILES string of the molecule is CCCCCCCCCCCCCCCCCCCCCCCC[O][Ti](=[O])[OH]. The van der Waals surface area contributed by atoms with Gasteiger partial charge in [-0.3, -0.25) is 0 Å². The van der Waals surface area contributed by atoms with E-state index in [2.05, 4.69) is 6.92 Å². The molecule has 0 radical (unpaired) electrons. The Labute approximate surface area is 183 Å². The summed E-state index contributed by atoms with van der Waals surface area (Å²) in [6.45, 7) is 2.76. The van der Waals surface area contributed by atoms with Gasteiger partial charge >= 0.3 is 99.8 Å². The minimum absolute atomic E-state index is 0.467. The van der Waals surface area contributed by atoms with E-state index in [0.29, 0.717) is 6.61 Å². The zero-order valence-electron chi connectivity index (χ0n) is 19.0. The van der Waals surface area contributed by atoms with E-state index < -0.39 is 18.6 Å². The molecule has 28 heavy (non-hydrogen) atoms. The Kier molecular flexibility index (Phi) is 25.9. The van der Waals surface area contributed by atoms with Crippen LogP contribution in [0.25, 0.3) is 0 Å². The predicted molar refractivity (Wildman–Crippen MR) is 116 cm³/mol. The van der Waals surface area contributed by atoms with Crippen molar-refractivity contribution >= 4 is 0 Å². The van der Waals surface area contributed by atoms with Crippen LogP contribution in [0.2, 0.25) is 0 Å². The summed E-state index contributed by atoms with van der Waals surface area (Å²) in [5.41, 5.74) is 0. The van der Waals surface area contributed by atoms with E-state index in [1.165, 1.54) is 128 Å². The minimum atomic E-state index is -3.26. The number of hydrogen-bond acceptors (Lipinski definition) is 2. The Bertz CT molecular complexity index is 310. The molecule has 0 fully saturated rings. The topological polar surface area (TPSA) is 46.5 Å². The van der Waals surface area contributed by atoms with Crippen molar-refractivity contribution in [1.29, 1.82) is 0 Å². The molecule has 0 amide bonds. The molecular formula is C24H50O3Ti. The monoisotopic (exact) mass is 434 g/mol. The van der Waals surface area contributed by atoms with Crippen molar-refractivity contribution in [2.75, 3.05) is 6.61 Å². The van der Waals surface area contributed by atoms with Gasteiger partial charge in [-0.15, -0.1) is 0 Å². The molecule has 3 nitrogen and oxygen atoms in total. The number of hydrogen-bond donors (Lipinski definition) is 1. The predicted octanol–water partition coefficient (Wildman–Crippen LogP) is 8.39. The molecule has 0 aromatic heterocycles. The van der Waals surface area contributed by atoms with E-state index in [1.54, 1.807) is 0 Å². The van der Waals surface area contributed by atoms with Gasteiger partial charge < -0.3 is 0 Å². The molecule has 0 aromatic carbocycles. The first kappa shape index (κ1) is 28.4. The number of unbranched alkanes of at least 4 members (excludes halogenated alkanes) is 21. The van der Waals surface area contributed by atoms with Crippen molar-refractivity contribution < 1.29 is 28.9 Å². The van der Waals surface area contributed by atoms with Gasteiger partial charge in [0.2, 0.25) is 0 Å². The summed E-state index contributed by atoms with van der Waals surface area (Å²) in [5.74, 6) is 0. The summed E-state index contributed by atoms with van der Waals surface area (Å²) in [5, 5.41) is 0. The third-order valence-electron chi connectivity index (χ3n) is 5.72. The van der Waals surface area contributed by atoms with Gasteiger partial charge in [0, 0.05) is 0 Å². The van der Waals surface area contributed by atoms with Crippen molar-refractivity contribution in [2.24, 2.45) is 0 Å². The molecule has 0 heterocycles. The van der Waals surface area contributed by atoms with Gasteiger partial charge in [-0.25, -0.2) is 0 Å². The zero-order valence-corrected chi connectivity index (χ0v) is 20.6. The summed E-state index contributed by atoms with van der Waals surface area (Å²) < 4.78 is 23.8. The van der Waals surface area contributed by atoms with Crippen LogP contribution in [0.15, 0.2) is 0 Å². The Morgan fingerprint density at radius 1 is 0.500 bits per heavy atom. The van der Waals surface area contributed by atoms with Gasteiger partial charge in [-0.2, -0.15) is 0 Å². The third kappa shape index (κ3) is 26.4. The fraction of sp³-hybridized carbons (Fsp3) is 1.00. The second-order valence-corrected chi connectivity index (χ2v) is 9.82. The van der Waals surface area contributed by atoms with Crippen molar-refractivity contribution in [3.63, 3.8) is 0 Å². The van der Waals surface area contributed by atoms with Crippen molar-refractivity contribution in [3.8, 4) is 0 Å². The van der Waals surface area contributed by atoms with E-state index in [4.69, 9.17) is 7.01 Å². The average molecular weight is 435 g/mol. The summed E-state index contributed by atoms with van der Waals surface area (Å²) in [7, 11) is 0. The van der Waals surface area contributed by atoms with Crippen LogP contribution in [0.3, 0.4) is 0 Å². The molecule has 4 heteroatoms. The van der Waals surface area contributed by atoms with E-state index >= 15 is 0 Å². The van der Waals surface area contributed by atoms with Gasteiger partial charge in [0.1, 0.15) is 0 Å². The molecule has 1 N–H and O–H groups in total. The van der Waals surface area contributed by atoms with Crippen LogP contribution in [-0.2, 0) is 25.3 Å². The van der Waals surface area contributed by atoms with Gasteiger partial charge in [0.25, 0.3) is 0 Å². The quantitative estimate of drug-likeness (QED) is 0.123. The first-order valence-electron chi connectivity index (χ1n) is 12.6. The molecule has 0 aliphatic rings. The van der Waals surface area contributed by atoms with Crippen LogP contribution in [0, 0.1) is 0 Å². The van der Waals surface area contributed by atoms with Crippen LogP contribution in [0.5, 0.6) is 0 Å². The Balaban J connectivity index is 2.99. The molecule has 0 atom stereocenters. The summed E-state index contributed by atoms with van der Waals surface area (Å²) in [6, 6.07) is 0. The second-order valence-electron chi connectivity index (χ2n) is 8.54.